The van der Waals surface area contributed by atoms with E-state index in [0.717, 1.165) is 21.8 Å². The molecule has 8 heteroatoms. The molecule has 0 saturated carbocycles. The number of amides is 2. The van der Waals surface area contributed by atoms with Crippen molar-refractivity contribution in [3.05, 3.63) is 52.2 Å². The minimum atomic E-state index is -0.161. The topological polar surface area (TPSA) is 71.1 Å². The van der Waals surface area contributed by atoms with E-state index in [2.05, 4.69) is 28.6 Å². The van der Waals surface area contributed by atoms with E-state index in [9.17, 15) is 9.59 Å². The minimum Gasteiger partial charge on any atom is -0.325 e. The number of thiophene rings is 1. The van der Waals surface area contributed by atoms with Gasteiger partial charge in [-0.05, 0) is 43.7 Å². The summed E-state index contributed by atoms with van der Waals surface area (Å²) in [4.78, 5) is 30.8. The normalized spacial score (nSPS) is 10.6. The third-order valence-electron chi connectivity index (χ3n) is 3.51. The summed E-state index contributed by atoms with van der Waals surface area (Å²) < 4.78 is 0. The van der Waals surface area contributed by atoms with Gasteiger partial charge in [-0.15, -0.1) is 34.4 Å². The van der Waals surface area contributed by atoms with Gasteiger partial charge in [0, 0.05) is 15.9 Å². The van der Waals surface area contributed by atoms with Crippen LogP contribution in [0.15, 0.2) is 41.8 Å². The van der Waals surface area contributed by atoms with Gasteiger partial charge in [-0.2, -0.15) is 0 Å². The lowest BCUT2D eigenvalue weighted by Crippen LogP contribution is -2.18. The van der Waals surface area contributed by atoms with Gasteiger partial charge in [0.25, 0.3) is 0 Å². The van der Waals surface area contributed by atoms with Crippen molar-refractivity contribution in [2.75, 3.05) is 22.1 Å². The minimum absolute atomic E-state index is 0.122. The van der Waals surface area contributed by atoms with Crippen LogP contribution in [0.1, 0.15) is 10.4 Å². The van der Waals surface area contributed by atoms with Gasteiger partial charge in [0.15, 0.2) is 5.13 Å². The number of hydrogen-bond donors (Lipinski definition) is 2. The number of thioether (sulfide) groups is 1. The molecule has 0 spiro atoms. The van der Waals surface area contributed by atoms with Crippen LogP contribution < -0.4 is 10.6 Å². The molecule has 2 N–H and O–H groups in total. The fraction of sp³-hybridized carbons (Fsp3) is 0.211. The monoisotopic (exact) mass is 417 g/mol. The first kappa shape index (κ1) is 19.6. The van der Waals surface area contributed by atoms with Crippen LogP contribution in [0.3, 0.4) is 0 Å². The van der Waals surface area contributed by atoms with Gasteiger partial charge < -0.3 is 10.6 Å². The first-order valence-electron chi connectivity index (χ1n) is 8.26. The number of rotatable bonds is 7. The average Bonchev–Trinajstić information content (AvgIpc) is 3.23. The molecule has 3 aromatic rings. The summed E-state index contributed by atoms with van der Waals surface area (Å²) in [5.74, 6) is 0.141. The molecule has 27 heavy (non-hydrogen) atoms. The molecule has 2 amide bonds. The molecular weight excluding hydrogens is 398 g/mol. The second-order valence-corrected chi connectivity index (χ2v) is 9.04. The molecule has 0 aliphatic rings. The summed E-state index contributed by atoms with van der Waals surface area (Å²) in [6, 6.07) is 11.7. The average molecular weight is 418 g/mol. The highest BCUT2D eigenvalue weighted by atomic mass is 32.2. The number of nitrogens with zero attached hydrogens (tertiary/aromatic N) is 1. The molecule has 3 rings (SSSR count). The molecule has 0 fully saturated rings. The summed E-state index contributed by atoms with van der Waals surface area (Å²) in [5.41, 5.74) is 2.73. The van der Waals surface area contributed by atoms with E-state index < -0.39 is 0 Å². The Kier molecular flexibility index (Phi) is 6.65. The Morgan fingerprint density at radius 3 is 2.56 bits per heavy atom. The second-order valence-electron chi connectivity index (χ2n) is 5.91. The maximum absolute atomic E-state index is 12.1. The Hall–Kier alpha value is -2.16. The van der Waals surface area contributed by atoms with Crippen LogP contribution in [-0.4, -0.2) is 28.3 Å². The molecule has 0 saturated heterocycles. The largest absolute Gasteiger partial charge is 0.325 e. The SMILES string of the molecule is Cc1cccc(NC(=O)CSCC(=O)Nc2nc(-c3ccc(C)s3)cs2)c1. The van der Waals surface area contributed by atoms with Crippen molar-refractivity contribution in [3.8, 4) is 10.6 Å². The van der Waals surface area contributed by atoms with Crippen LogP contribution in [0.5, 0.6) is 0 Å². The van der Waals surface area contributed by atoms with Crippen LogP contribution in [-0.2, 0) is 9.59 Å². The van der Waals surface area contributed by atoms with E-state index in [1.54, 1.807) is 11.3 Å². The standard InChI is InChI=1S/C19H19N3O2S3/c1-12-4-3-5-14(8-12)20-17(23)10-25-11-18(24)22-19-21-15(9-26-19)16-7-6-13(2)27-16/h3-9H,10-11H2,1-2H3,(H,20,23)(H,21,22,24). The number of benzene rings is 1. The highest BCUT2D eigenvalue weighted by Crippen LogP contribution is 2.30. The van der Waals surface area contributed by atoms with Gasteiger partial charge in [-0.3, -0.25) is 9.59 Å². The van der Waals surface area contributed by atoms with Gasteiger partial charge in [-0.1, -0.05) is 12.1 Å². The zero-order valence-electron chi connectivity index (χ0n) is 14.9. The maximum Gasteiger partial charge on any atom is 0.236 e. The van der Waals surface area contributed by atoms with Gasteiger partial charge in [-0.25, -0.2) is 4.98 Å². The zero-order chi connectivity index (χ0) is 19.2. The lowest BCUT2D eigenvalue weighted by molar-refractivity contribution is -0.114. The Bertz CT molecular complexity index is 949. The van der Waals surface area contributed by atoms with Gasteiger partial charge in [0.2, 0.25) is 11.8 Å². The van der Waals surface area contributed by atoms with Crippen molar-refractivity contribution in [3.63, 3.8) is 0 Å². The molecule has 0 aliphatic heterocycles. The number of aryl methyl sites for hydroxylation is 2. The molecule has 2 aromatic heterocycles. The Balaban J connectivity index is 1.42. The molecule has 0 aliphatic carbocycles. The number of anilines is 2. The zero-order valence-corrected chi connectivity index (χ0v) is 17.4. The molecular formula is C19H19N3O2S3. The van der Waals surface area contributed by atoms with Crippen LogP contribution in [0.25, 0.3) is 10.6 Å². The summed E-state index contributed by atoms with van der Waals surface area (Å²) in [7, 11) is 0. The Labute approximate surface area is 170 Å². The first-order chi connectivity index (χ1) is 13.0. The van der Waals surface area contributed by atoms with E-state index >= 15 is 0 Å². The fourth-order valence-electron chi connectivity index (χ4n) is 2.33. The molecule has 0 atom stereocenters. The van der Waals surface area contributed by atoms with Crippen molar-refractivity contribution in [1.82, 2.24) is 4.98 Å². The number of carbonyl (C=O) groups is 2. The van der Waals surface area contributed by atoms with E-state index in [-0.39, 0.29) is 23.3 Å². The van der Waals surface area contributed by atoms with E-state index in [1.807, 2.05) is 42.6 Å². The van der Waals surface area contributed by atoms with E-state index in [1.165, 1.54) is 28.0 Å². The summed E-state index contributed by atoms with van der Waals surface area (Å²) in [5, 5.41) is 8.13. The molecule has 140 valence electrons. The quantitative estimate of drug-likeness (QED) is 0.579. The van der Waals surface area contributed by atoms with Gasteiger partial charge >= 0.3 is 0 Å². The van der Waals surface area contributed by atoms with E-state index in [0.29, 0.717) is 5.13 Å². The molecule has 0 bridgehead atoms. The van der Waals surface area contributed by atoms with Crippen molar-refractivity contribution in [2.24, 2.45) is 0 Å². The number of thiazole rings is 1. The summed E-state index contributed by atoms with van der Waals surface area (Å²) in [6.45, 7) is 4.02. The maximum atomic E-state index is 12.1. The van der Waals surface area contributed by atoms with Crippen molar-refractivity contribution in [1.29, 1.82) is 0 Å². The van der Waals surface area contributed by atoms with Crippen LogP contribution in [0.4, 0.5) is 10.8 Å². The molecule has 0 unspecified atom stereocenters. The van der Waals surface area contributed by atoms with Crippen molar-refractivity contribution >= 4 is 57.1 Å². The lowest BCUT2D eigenvalue weighted by Gasteiger charge is -2.06. The highest BCUT2D eigenvalue weighted by molar-refractivity contribution is 8.00. The predicted octanol–water partition coefficient (Wildman–Crippen LogP) is 4.80. The van der Waals surface area contributed by atoms with Crippen molar-refractivity contribution < 1.29 is 9.59 Å². The number of nitrogens with one attached hydrogen (secondary N) is 2. The van der Waals surface area contributed by atoms with Gasteiger partial charge in [0.1, 0.15) is 0 Å². The first-order valence-corrected chi connectivity index (χ1v) is 11.1. The Morgan fingerprint density at radius 1 is 1.07 bits per heavy atom. The predicted molar refractivity (Wildman–Crippen MR) is 116 cm³/mol. The van der Waals surface area contributed by atoms with Crippen LogP contribution in [0.2, 0.25) is 0 Å². The van der Waals surface area contributed by atoms with Crippen LogP contribution >= 0.6 is 34.4 Å². The molecule has 1 aromatic carbocycles. The second kappa shape index (κ2) is 9.16. The van der Waals surface area contributed by atoms with Gasteiger partial charge in [0.05, 0.1) is 22.1 Å². The smallest absolute Gasteiger partial charge is 0.236 e. The number of carbonyl (C=O) groups excluding carboxylic acids is 2. The highest BCUT2D eigenvalue weighted by Gasteiger charge is 2.10. The molecule has 5 nitrogen and oxygen atoms in total. The number of hydrogen-bond acceptors (Lipinski definition) is 6. The van der Waals surface area contributed by atoms with E-state index in [4.69, 9.17) is 0 Å². The third kappa shape index (κ3) is 5.92. The lowest BCUT2D eigenvalue weighted by atomic mass is 10.2. The number of aromatic nitrogens is 1. The summed E-state index contributed by atoms with van der Waals surface area (Å²) in [6.07, 6.45) is 0. The Morgan fingerprint density at radius 2 is 1.85 bits per heavy atom. The third-order valence-corrected chi connectivity index (χ3v) is 6.23. The molecule has 0 radical (unpaired) electrons. The molecule has 2 heterocycles. The van der Waals surface area contributed by atoms with Crippen molar-refractivity contribution in [2.45, 2.75) is 13.8 Å². The summed E-state index contributed by atoms with van der Waals surface area (Å²) >= 11 is 4.35. The van der Waals surface area contributed by atoms with Crippen LogP contribution in [0, 0.1) is 13.8 Å². The fourth-order valence-corrected chi connectivity index (χ4v) is 4.57.